The molecule has 0 radical (unpaired) electrons. The molecule has 0 fully saturated rings. The average Bonchev–Trinajstić information content (AvgIpc) is 2.38. The van der Waals surface area contributed by atoms with Gasteiger partial charge in [0.05, 0.1) is 5.92 Å². The molecule has 0 aliphatic carbocycles. The highest BCUT2D eigenvalue weighted by molar-refractivity contribution is 5.76. The number of aliphatic carboxylic acids is 1. The van der Waals surface area contributed by atoms with Crippen LogP contribution in [0.5, 0.6) is 0 Å². The fourth-order valence-electron chi connectivity index (χ4n) is 1.84. The first-order valence-corrected chi connectivity index (χ1v) is 5.54. The van der Waals surface area contributed by atoms with Crippen LogP contribution in [-0.2, 0) is 11.2 Å². The van der Waals surface area contributed by atoms with E-state index in [1.54, 1.807) is 36.7 Å². The molecule has 92 valence electrons. The number of carboxylic acid groups (broad SMARTS) is 1. The number of rotatable bonds is 4. The summed E-state index contributed by atoms with van der Waals surface area (Å²) in [4.78, 5) is 15.2. The molecule has 2 rings (SSSR count). The van der Waals surface area contributed by atoms with Crippen molar-refractivity contribution >= 4 is 5.97 Å². The van der Waals surface area contributed by atoms with E-state index in [1.807, 2.05) is 0 Å². The largest absolute Gasteiger partial charge is 0.481 e. The molecule has 1 aromatic carbocycles. The van der Waals surface area contributed by atoms with Gasteiger partial charge in [0.1, 0.15) is 5.82 Å². The molecule has 0 spiro atoms. The van der Waals surface area contributed by atoms with Gasteiger partial charge < -0.3 is 5.11 Å². The highest BCUT2D eigenvalue weighted by Gasteiger charge is 2.23. The molecular formula is C14H12FNO2. The van der Waals surface area contributed by atoms with Gasteiger partial charge in [-0.2, -0.15) is 0 Å². The maximum Gasteiger partial charge on any atom is 0.311 e. The lowest BCUT2D eigenvalue weighted by atomic mass is 9.92. The maximum atomic E-state index is 13.6. The predicted octanol–water partition coefficient (Wildman–Crippen LogP) is 2.63. The summed E-state index contributed by atoms with van der Waals surface area (Å²) in [7, 11) is 0. The molecule has 1 N–H and O–H groups in total. The third kappa shape index (κ3) is 2.71. The summed E-state index contributed by atoms with van der Waals surface area (Å²) < 4.78 is 13.6. The standard InChI is InChI=1S/C14H12FNO2/c15-13-6-2-1-5-11(13)12(14(17)18)8-10-4-3-7-16-9-10/h1-7,9,12H,8H2,(H,17,18). The number of benzene rings is 1. The van der Waals surface area contributed by atoms with Crippen LogP contribution >= 0.6 is 0 Å². The van der Waals surface area contributed by atoms with Gasteiger partial charge in [-0.1, -0.05) is 24.3 Å². The lowest BCUT2D eigenvalue weighted by Gasteiger charge is -2.13. The Morgan fingerprint density at radius 3 is 2.67 bits per heavy atom. The lowest BCUT2D eigenvalue weighted by molar-refractivity contribution is -0.138. The van der Waals surface area contributed by atoms with Crippen LogP contribution in [0.25, 0.3) is 0 Å². The van der Waals surface area contributed by atoms with E-state index in [9.17, 15) is 14.3 Å². The van der Waals surface area contributed by atoms with E-state index >= 15 is 0 Å². The van der Waals surface area contributed by atoms with Gasteiger partial charge in [-0.25, -0.2) is 4.39 Å². The number of halogens is 1. The van der Waals surface area contributed by atoms with E-state index in [4.69, 9.17) is 0 Å². The Bertz CT molecular complexity index is 543. The van der Waals surface area contributed by atoms with E-state index in [1.165, 1.54) is 12.1 Å². The van der Waals surface area contributed by atoms with Gasteiger partial charge in [0, 0.05) is 18.0 Å². The first-order chi connectivity index (χ1) is 8.68. The molecule has 0 amide bonds. The first kappa shape index (κ1) is 12.2. The molecule has 1 aromatic heterocycles. The van der Waals surface area contributed by atoms with Crippen LogP contribution in [0.2, 0.25) is 0 Å². The molecule has 1 unspecified atom stereocenters. The molecule has 0 aliphatic rings. The van der Waals surface area contributed by atoms with Gasteiger partial charge in [-0.3, -0.25) is 9.78 Å². The molecule has 0 saturated heterocycles. The zero-order valence-corrected chi connectivity index (χ0v) is 9.58. The third-order valence-corrected chi connectivity index (χ3v) is 2.74. The topological polar surface area (TPSA) is 50.2 Å². The Hall–Kier alpha value is -2.23. The molecule has 0 saturated carbocycles. The molecule has 0 aliphatic heterocycles. The normalized spacial score (nSPS) is 12.1. The van der Waals surface area contributed by atoms with Gasteiger partial charge in [0.15, 0.2) is 0 Å². The Morgan fingerprint density at radius 2 is 2.06 bits per heavy atom. The number of hydrogen-bond acceptors (Lipinski definition) is 2. The molecule has 3 nitrogen and oxygen atoms in total. The summed E-state index contributed by atoms with van der Waals surface area (Å²) in [5, 5.41) is 9.23. The Balaban J connectivity index is 2.30. The maximum absolute atomic E-state index is 13.6. The molecule has 1 atom stereocenters. The second-order valence-corrected chi connectivity index (χ2v) is 3.98. The van der Waals surface area contributed by atoms with Crippen molar-refractivity contribution in [1.29, 1.82) is 0 Å². The summed E-state index contributed by atoms with van der Waals surface area (Å²) in [6.07, 6.45) is 3.43. The van der Waals surface area contributed by atoms with Crippen molar-refractivity contribution in [1.82, 2.24) is 4.98 Å². The van der Waals surface area contributed by atoms with Crippen molar-refractivity contribution < 1.29 is 14.3 Å². The smallest absolute Gasteiger partial charge is 0.311 e. The van der Waals surface area contributed by atoms with Crippen molar-refractivity contribution in [2.24, 2.45) is 0 Å². The minimum atomic E-state index is -1.04. The van der Waals surface area contributed by atoms with Crippen LogP contribution in [-0.4, -0.2) is 16.1 Å². The highest BCUT2D eigenvalue weighted by Crippen LogP contribution is 2.23. The zero-order chi connectivity index (χ0) is 13.0. The molecule has 2 aromatic rings. The summed E-state index contributed by atoms with van der Waals surface area (Å²) in [5.74, 6) is -2.42. The fourth-order valence-corrected chi connectivity index (χ4v) is 1.84. The van der Waals surface area contributed by atoms with Crippen LogP contribution in [0, 0.1) is 5.82 Å². The summed E-state index contributed by atoms with van der Waals surface area (Å²) in [6.45, 7) is 0. The van der Waals surface area contributed by atoms with Crippen molar-refractivity contribution in [3.8, 4) is 0 Å². The van der Waals surface area contributed by atoms with Crippen LogP contribution in [0.1, 0.15) is 17.0 Å². The number of carbonyl (C=O) groups is 1. The second kappa shape index (κ2) is 5.40. The molecule has 0 bridgehead atoms. The zero-order valence-electron chi connectivity index (χ0n) is 9.58. The quantitative estimate of drug-likeness (QED) is 0.900. The number of carboxylic acids is 1. The number of nitrogens with zero attached hydrogens (tertiary/aromatic N) is 1. The van der Waals surface area contributed by atoms with E-state index in [2.05, 4.69) is 4.98 Å². The minimum absolute atomic E-state index is 0.203. The third-order valence-electron chi connectivity index (χ3n) is 2.74. The summed E-state index contributed by atoms with van der Waals surface area (Å²) >= 11 is 0. The SMILES string of the molecule is O=C(O)C(Cc1cccnc1)c1ccccc1F. The predicted molar refractivity (Wildman–Crippen MR) is 64.7 cm³/mol. The van der Waals surface area contributed by atoms with Gasteiger partial charge in [-0.15, -0.1) is 0 Å². The Kier molecular flexibility index (Phi) is 3.67. The lowest BCUT2D eigenvalue weighted by Crippen LogP contribution is -2.16. The van der Waals surface area contributed by atoms with Crippen LogP contribution < -0.4 is 0 Å². The highest BCUT2D eigenvalue weighted by atomic mass is 19.1. The van der Waals surface area contributed by atoms with Crippen molar-refractivity contribution in [3.05, 3.63) is 65.7 Å². The number of aromatic nitrogens is 1. The van der Waals surface area contributed by atoms with E-state index in [0.29, 0.717) is 0 Å². The Morgan fingerprint density at radius 1 is 1.28 bits per heavy atom. The fraction of sp³-hybridized carbons (Fsp3) is 0.143. The van der Waals surface area contributed by atoms with Crippen molar-refractivity contribution in [2.75, 3.05) is 0 Å². The van der Waals surface area contributed by atoms with E-state index in [-0.39, 0.29) is 12.0 Å². The van der Waals surface area contributed by atoms with E-state index < -0.39 is 17.7 Å². The van der Waals surface area contributed by atoms with Crippen LogP contribution in [0.4, 0.5) is 4.39 Å². The minimum Gasteiger partial charge on any atom is -0.481 e. The van der Waals surface area contributed by atoms with Crippen LogP contribution in [0.3, 0.4) is 0 Å². The molecular weight excluding hydrogens is 233 g/mol. The van der Waals surface area contributed by atoms with Crippen molar-refractivity contribution in [2.45, 2.75) is 12.3 Å². The number of pyridine rings is 1. The Labute approximate surface area is 104 Å². The number of hydrogen-bond donors (Lipinski definition) is 1. The molecule has 4 heteroatoms. The monoisotopic (exact) mass is 245 g/mol. The van der Waals surface area contributed by atoms with Gasteiger partial charge in [0.2, 0.25) is 0 Å². The molecule has 1 heterocycles. The van der Waals surface area contributed by atoms with Crippen molar-refractivity contribution in [3.63, 3.8) is 0 Å². The van der Waals surface area contributed by atoms with Gasteiger partial charge in [0.25, 0.3) is 0 Å². The summed E-state index contributed by atoms with van der Waals surface area (Å²) in [6, 6.07) is 9.47. The van der Waals surface area contributed by atoms with Gasteiger partial charge >= 0.3 is 5.97 Å². The van der Waals surface area contributed by atoms with E-state index in [0.717, 1.165) is 5.56 Å². The second-order valence-electron chi connectivity index (χ2n) is 3.98. The van der Waals surface area contributed by atoms with Crippen LogP contribution in [0.15, 0.2) is 48.8 Å². The summed E-state index contributed by atoms with van der Waals surface area (Å²) in [5.41, 5.74) is 0.974. The average molecular weight is 245 g/mol. The first-order valence-electron chi connectivity index (χ1n) is 5.54. The molecule has 18 heavy (non-hydrogen) atoms. The van der Waals surface area contributed by atoms with Gasteiger partial charge in [-0.05, 0) is 24.1 Å².